The molecule has 0 spiro atoms. The van der Waals surface area contributed by atoms with Gasteiger partial charge in [0.25, 0.3) is 11.8 Å². The zero-order valence-corrected chi connectivity index (χ0v) is 15.0. The highest BCUT2D eigenvalue weighted by atomic mass is 16.2. The predicted molar refractivity (Wildman–Crippen MR) is 93.6 cm³/mol. The van der Waals surface area contributed by atoms with Crippen LogP contribution in [0.15, 0.2) is 18.2 Å². The van der Waals surface area contributed by atoms with Gasteiger partial charge in [0.2, 0.25) is 11.8 Å². The van der Waals surface area contributed by atoms with Crippen LogP contribution < -0.4 is 16.0 Å². The fourth-order valence-electron chi connectivity index (χ4n) is 3.22. The van der Waals surface area contributed by atoms with Crippen LogP contribution in [0.25, 0.3) is 0 Å². The monoisotopic (exact) mass is 372 g/mol. The smallest absolute Gasteiger partial charge is 0.315 e. The number of urea groups is 1. The number of amides is 6. The zero-order chi connectivity index (χ0) is 19.7. The molecule has 0 aromatic heterocycles. The third kappa shape index (κ3) is 3.53. The molecule has 2 aliphatic rings. The van der Waals surface area contributed by atoms with Gasteiger partial charge >= 0.3 is 6.03 Å². The second-order valence-electron chi connectivity index (χ2n) is 6.77. The maximum Gasteiger partial charge on any atom is 0.315 e. The van der Waals surface area contributed by atoms with E-state index in [9.17, 15) is 24.0 Å². The summed E-state index contributed by atoms with van der Waals surface area (Å²) < 4.78 is 0. The maximum atomic E-state index is 12.9. The third-order valence-corrected chi connectivity index (χ3v) is 4.41. The lowest BCUT2D eigenvalue weighted by molar-refractivity contribution is -0.136. The normalized spacial score (nSPS) is 19.2. The number of imide groups is 2. The van der Waals surface area contributed by atoms with E-state index in [0.29, 0.717) is 5.56 Å². The van der Waals surface area contributed by atoms with Crippen LogP contribution in [0.3, 0.4) is 0 Å². The molecule has 0 saturated carbocycles. The lowest BCUT2D eigenvalue weighted by Crippen LogP contribution is -2.54. The molecule has 6 amide bonds. The summed E-state index contributed by atoms with van der Waals surface area (Å²) >= 11 is 0. The molecule has 3 rings (SSSR count). The SMILES string of the molecule is CC(C)NC(=O)NCc1cccc2c1C(=O)N(C1CCC(=O)NC1=O)C2=O. The molecule has 27 heavy (non-hydrogen) atoms. The van der Waals surface area contributed by atoms with Crippen molar-refractivity contribution in [1.82, 2.24) is 20.9 Å². The summed E-state index contributed by atoms with van der Waals surface area (Å²) in [6.07, 6.45) is 0.161. The Kier molecular flexibility index (Phi) is 4.93. The Balaban J connectivity index is 1.83. The highest BCUT2D eigenvalue weighted by Crippen LogP contribution is 2.29. The molecule has 1 aromatic carbocycles. The van der Waals surface area contributed by atoms with Crippen molar-refractivity contribution in [3.05, 3.63) is 34.9 Å². The van der Waals surface area contributed by atoms with Crippen LogP contribution in [0.1, 0.15) is 53.0 Å². The summed E-state index contributed by atoms with van der Waals surface area (Å²) in [4.78, 5) is 61.7. The van der Waals surface area contributed by atoms with Crippen molar-refractivity contribution < 1.29 is 24.0 Å². The van der Waals surface area contributed by atoms with Crippen LogP contribution in [-0.4, -0.2) is 46.6 Å². The van der Waals surface area contributed by atoms with Crippen molar-refractivity contribution in [3.8, 4) is 0 Å². The molecule has 0 aliphatic carbocycles. The number of carbonyl (C=O) groups excluding carboxylic acids is 5. The fourth-order valence-corrected chi connectivity index (χ4v) is 3.22. The molecule has 2 heterocycles. The number of nitrogens with one attached hydrogen (secondary N) is 3. The van der Waals surface area contributed by atoms with Gasteiger partial charge in [0.05, 0.1) is 11.1 Å². The number of fused-ring (bicyclic) bond motifs is 1. The van der Waals surface area contributed by atoms with E-state index in [1.807, 2.05) is 13.8 Å². The van der Waals surface area contributed by atoms with E-state index in [0.717, 1.165) is 4.90 Å². The Bertz CT molecular complexity index is 848. The van der Waals surface area contributed by atoms with Crippen LogP contribution in [0.5, 0.6) is 0 Å². The van der Waals surface area contributed by atoms with Crippen molar-refractivity contribution in [2.75, 3.05) is 0 Å². The Labute approximate surface area is 155 Å². The van der Waals surface area contributed by atoms with Gasteiger partial charge in [0, 0.05) is 19.0 Å². The van der Waals surface area contributed by atoms with Gasteiger partial charge in [0.15, 0.2) is 0 Å². The van der Waals surface area contributed by atoms with Crippen molar-refractivity contribution in [3.63, 3.8) is 0 Å². The van der Waals surface area contributed by atoms with E-state index in [4.69, 9.17) is 0 Å². The Hall–Kier alpha value is -3.23. The number of piperidine rings is 1. The molecule has 3 N–H and O–H groups in total. The van der Waals surface area contributed by atoms with Crippen molar-refractivity contribution in [1.29, 1.82) is 0 Å². The summed E-state index contributed by atoms with van der Waals surface area (Å²) in [5.74, 6) is -2.24. The van der Waals surface area contributed by atoms with Gasteiger partial charge in [-0.25, -0.2) is 4.79 Å². The van der Waals surface area contributed by atoms with Gasteiger partial charge in [-0.3, -0.25) is 29.4 Å². The lowest BCUT2D eigenvalue weighted by Gasteiger charge is -2.27. The number of hydrogen-bond acceptors (Lipinski definition) is 5. The summed E-state index contributed by atoms with van der Waals surface area (Å²) in [5.41, 5.74) is 0.852. The number of benzene rings is 1. The van der Waals surface area contributed by atoms with E-state index < -0.39 is 29.7 Å². The number of nitrogens with zero attached hydrogens (tertiary/aromatic N) is 1. The molecule has 1 fully saturated rings. The first-order valence-electron chi connectivity index (χ1n) is 8.67. The molecule has 1 saturated heterocycles. The summed E-state index contributed by atoms with van der Waals surface area (Å²) in [5, 5.41) is 7.48. The maximum absolute atomic E-state index is 12.9. The van der Waals surface area contributed by atoms with E-state index in [1.165, 1.54) is 6.07 Å². The largest absolute Gasteiger partial charge is 0.336 e. The summed E-state index contributed by atoms with van der Waals surface area (Å²) in [6, 6.07) is 3.33. The molecule has 0 bridgehead atoms. The first-order chi connectivity index (χ1) is 12.8. The Morgan fingerprint density at radius 3 is 2.63 bits per heavy atom. The quantitative estimate of drug-likeness (QED) is 0.656. The van der Waals surface area contributed by atoms with Crippen LogP contribution in [0, 0.1) is 0 Å². The van der Waals surface area contributed by atoms with Gasteiger partial charge in [-0.15, -0.1) is 0 Å². The molecular formula is C18H20N4O5. The van der Waals surface area contributed by atoms with E-state index >= 15 is 0 Å². The average Bonchev–Trinajstić information content (AvgIpc) is 2.85. The first-order valence-corrected chi connectivity index (χ1v) is 8.67. The molecule has 9 nitrogen and oxygen atoms in total. The van der Waals surface area contributed by atoms with Gasteiger partial charge in [-0.1, -0.05) is 12.1 Å². The average molecular weight is 372 g/mol. The molecule has 1 unspecified atom stereocenters. The van der Waals surface area contributed by atoms with E-state index in [2.05, 4.69) is 16.0 Å². The van der Waals surface area contributed by atoms with E-state index in [1.54, 1.807) is 12.1 Å². The number of rotatable bonds is 4. The highest BCUT2D eigenvalue weighted by molar-refractivity contribution is 6.24. The Morgan fingerprint density at radius 2 is 1.96 bits per heavy atom. The second kappa shape index (κ2) is 7.18. The van der Waals surface area contributed by atoms with Crippen LogP contribution >= 0.6 is 0 Å². The van der Waals surface area contributed by atoms with Crippen LogP contribution in [-0.2, 0) is 16.1 Å². The minimum Gasteiger partial charge on any atom is -0.336 e. The van der Waals surface area contributed by atoms with Gasteiger partial charge in [-0.05, 0) is 31.9 Å². The minimum absolute atomic E-state index is 0.0438. The van der Waals surface area contributed by atoms with Crippen molar-refractivity contribution in [2.24, 2.45) is 0 Å². The molecule has 1 aromatic rings. The number of hydrogen-bond donors (Lipinski definition) is 3. The summed E-state index contributed by atoms with van der Waals surface area (Å²) in [7, 11) is 0. The molecule has 142 valence electrons. The molecule has 9 heteroatoms. The predicted octanol–water partition coefficient (Wildman–Crippen LogP) is 0.295. The topological polar surface area (TPSA) is 125 Å². The summed E-state index contributed by atoms with van der Waals surface area (Å²) in [6.45, 7) is 3.70. The van der Waals surface area contributed by atoms with Gasteiger partial charge in [-0.2, -0.15) is 0 Å². The molecular weight excluding hydrogens is 352 g/mol. The standard InChI is InChI=1S/C18H20N4O5/c1-9(2)20-18(27)19-8-10-4-3-5-11-14(10)17(26)22(16(11)25)12-6-7-13(23)21-15(12)24/h3-5,9,12H,6-8H2,1-2H3,(H2,19,20,27)(H,21,23,24). The lowest BCUT2D eigenvalue weighted by atomic mass is 10.0. The molecule has 2 aliphatic heterocycles. The minimum atomic E-state index is -1.01. The van der Waals surface area contributed by atoms with Crippen LogP contribution in [0.4, 0.5) is 4.79 Å². The third-order valence-electron chi connectivity index (χ3n) is 4.41. The highest BCUT2D eigenvalue weighted by Gasteiger charge is 2.45. The number of carbonyl (C=O) groups is 5. The van der Waals surface area contributed by atoms with Crippen molar-refractivity contribution in [2.45, 2.75) is 45.3 Å². The first kappa shape index (κ1) is 18.6. The van der Waals surface area contributed by atoms with Crippen LogP contribution in [0.2, 0.25) is 0 Å². The Morgan fingerprint density at radius 1 is 1.22 bits per heavy atom. The molecule has 1 atom stereocenters. The zero-order valence-electron chi connectivity index (χ0n) is 15.0. The van der Waals surface area contributed by atoms with Crippen molar-refractivity contribution >= 4 is 29.7 Å². The fraction of sp³-hybridized carbons (Fsp3) is 0.389. The van der Waals surface area contributed by atoms with Gasteiger partial charge in [0.1, 0.15) is 6.04 Å². The second-order valence-corrected chi connectivity index (χ2v) is 6.77. The van der Waals surface area contributed by atoms with E-state index in [-0.39, 0.29) is 42.6 Å². The molecule has 0 radical (unpaired) electrons. The van der Waals surface area contributed by atoms with Gasteiger partial charge < -0.3 is 10.6 Å².